The molecule has 1 saturated heterocycles. The van der Waals surface area contributed by atoms with Crippen molar-refractivity contribution in [3.63, 3.8) is 0 Å². The maximum atomic E-state index is 12.6. The fourth-order valence-electron chi connectivity index (χ4n) is 4.21. The van der Waals surface area contributed by atoms with Crippen molar-refractivity contribution in [3.05, 3.63) is 30.3 Å². The normalized spacial score (nSPS) is 20.4. The van der Waals surface area contributed by atoms with Gasteiger partial charge < -0.3 is 19.9 Å². The van der Waals surface area contributed by atoms with Crippen LogP contribution >= 0.6 is 0 Å². The van der Waals surface area contributed by atoms with Crippen molar-refractivity contribution in [1.82, 2.24) is 20.0 Å². The van der Waals surface area contributed by atoms with Gasteiger partial charge in [0.05, 0.1) is 6.54 Å². The molecule has 1 N–H and O–H groups in total. The zero-order chi connectivity index (χ0) is 19.1. The smallest absolute Gasteiger partial charge is 0.317 e. The first kappa shape index (κ1) is 20.0. The third-order valence-corrected chi connectivity index (χ3v) is 6.06. The summed E-state index contributed by atoms with van der Waals surface area (Å²) in [5, 5.41) is 3.20. The van der Waals surface area contributed by atoms with Gasteiger partial charge in [-0.2, -0.15) is 0 Å². The predicted octanol–water partition coefficient (Wildman–Crippen LogP) is 2.27. The van der Waals surface area contributed by atoms with Crippen molar-refractivity contribution in [3.8, 4) is 5.75 Å². The molecule has 3 rings (SSSR count). The van der Waals surface area contributed by atoms with E-state index in [1.807, 2.05) is 37.4 Å². The minimum Gasteiger partial charge on any atom is -0.492 e. The van der Waals surface area contributed by atoms with Gasteiger partial charge in [-0.25, -0.2) is 4.79 Å². The lowest BCUT2D eigenvalue weighted by molar-refractivity contribution is 0.0435. The lowest BCUT2D eigenvalue weighted by Crippen LogP contribution is -2.60. The molecule has 1 aliphatic carbocycles. The van der Waals surface area contributed by atoms with Gasteiger partial charge >= 0.3 is 6.03 Å². The van der Waals surface area contributed by atoms with Crippen molar-refractivity contribution in [2.24, 2.45) is 0 Å². The van der Waals surface area contributed by atoms with E-state index in [1.165, 1.54) is 25.7 Å². The molecule has 0 atom stereocenters. The Kier molecular flexibility index (Phi) is 6.96. The van der Waals surface area contributed by atoms with Gasteiger partial charge in [0.25, 0.3) is 0 Å². The molecule has 6 nitrogen and oxygen atoms in total. The second-order valence-electron chi connectivity index (χ2n) is 7.96. The van der Waals surface area contributed by atoms with Crippen molar-refractivity contribution in [1.29, 1.82) is 0 Å². The number of nitrogens with one attached hydrogen (secondary N) is 1. The van der Waals surface area contributed by atoms with E-state index in [-0.39, 0.29) is 11.6 Å². The largest absolute Gasteiger partial charge is 0.492 e. The van der Waals surface area contributed by atoms with Gasteiger partial charge in [-0.05, 0) is 32.0 Å². The van der Waals surface area contributed by atoms with Crippen LogP contribution in [0.5, 0.6) is 5.75 Å². The highest BCUT2D eigenvalue weighted by molar-refractivity contribution is 5.73. The standard InChI is InChI=1S/C21H34N4O2/c1-23-12-14-25(15-13-23)21(10-6-7-11-21)18-22-20(26)24(2)16-17-27-19-8-4-3-5-9-19/h3-5,8-9H,6-7,10-18H2,1-2H3,(H,22,26). The molecule has 0 radical (unpaired) electrons. The molecule has 150 valence electrons. The van der Waals surface area contributed by atoms with Crippen molar-refractivity contribution in [2.45, 2.75) is 31.2 Å². The Morgan fingerprint density at radius 2 is 1.81 bits per heavy atom. The number of hydrogen-bond donors (Lipinski definition) is 1. The first-order valence-corrected chi connectivity index (χ1v) is 10.2. The molecule has 1 aromatic carbocycles. The Morgan fingerprint density at radius 1 is 1.15 bits per heavy atom. The zero-order valence-electron chi connectivity index (χ0n) is 16.8. The Bertz CT molecular complexity index is 581. The van der Waals surface area contributed by atoms with Crippen LogP contribution < -0.4 is 10.1 Å². The van der Waals surface area contributed by atoms with Crippen LogP contribution in [0.2, 0.25) is 0 Å². The van der Waals surface area contributed by atoms with Crippen LogP contribution in [0.4, 0.5) is 4.79 Å². The summed E-state index contributed by atoms with van der Waals surface area (Å²) in [6, 6.07) is 9.72. The summed E-state index contributed by atoms with van der Waals surface area (Å²) in [7, 11) is 4.02. The third kappa shape index (κ3) is 5.36. The average Bonchev–Trinajstić information content (AvgIpc) is 3.17. The Hall–Kier alpha value is -1.79. The molecule has 2 aliphatic rings. The fourth-order valence-corrected chi connectivity index (χ4v) is 4.21. The first-order chi connectivity index (χ1) is 13.1. The fraction of sp³-hybridized carbons (Fsp3) is 0.667. The first-order valence-electron chi connectivity index (χ1n) is 10.2. The molecule has 0 spiro atoms. The number of hydrogen-bond acceptors (Lipinski definition) is 4. The zero-order valence-corrected chi connectivity index (χ0v) is 16.8. The Balaban J connectivity index is 1.44. The molecule has 27 heavy (non-hydrogen) atoms. The number of carbonyl (C=O) groups is 1. The highest BCUT2D eigenvalue weighted by Crippen LogP contribution is 2.35. The Morgan fingerprint density at radius 3 is 2.48 bits per heavy atom. The third-order valence-electron chi connectivity index (χ3n) is 6.06. The summed E-state index contributed by atoms with van der Waals surface area (Å²) in [5.41, 5.74) is 0.151. The lowest BCUT2D eigenvalue weighted by atomic mass is 9.94. The molecule has 1 aliphatic heterocycles. The number of nitrogens with zero attached hydrogens (tertiary/aromatic N) is 3. The Labute approximate surface area is 163 Å². The summed E-state index contributed by atoms with van der Waals surface area (Å²) in [6.07, 6.45) is 4.92. The number of urea groups is 1. The lowest BCUT2D eigenvalue weighted by Gasteiger charge is -2.45. The maximum Gasteiger partial charge on any atom is 0.317 e. The number of piperazine rings is 1. The summed E-state index contributed by atoms with van der Waals surface area (Å²) in [4.78, 5) is 19.3. The van der Waals surface area contributed by atoms with Gasteiger partial charge in [-0.15, -0.1) is 0 Å². The summed E-state index contributed by atoms with van der Waals surface area (Å²) in [6.45, 7) is 6.26. The monoisotopic (exact) mass is 374 g/mol. The van der Waals surface area contributed by atoms with Crippen LogP contribution in [-0.4, -0.2) is 86.2 Å². The molecule has 2 amide bonds. The molecule has 1 aromatic rings. The number of likely N-dealkylation sites (N-methyl/N-ethyl adjacent to an activating group) is 2. The second-order valence-corrected chi connectivity index (χ2v) is 7.96. The van der Waals surface area contributed by atoms with E-state index in [0.29, 0.717) is 13.2 Å². The van der Waals surface area contributed by atoms with Crippen LogP contribution in [0.15, 0.2) is 30.3 Å². The van der Waals surface area contributed by atoms with Crippen molar-refractivity contribution >= 4 is 6.03 Å². The molecule has 0 bridgehead atoms. The van der Waals surface area contributed by atoms with E-state index in [1.54, 1.807) is 4.90 Å². The van der Waals surface area contributed by atoms with Crippen LogP contribution in [-0.2, 0) is 0 Å². The van der Waals surface area contributed by atoms with Gasteiger partial charge in [-0.3, -0.25) is 4.90 Å². The van der Waals surface area contributed by atoms with E-state index >= 15 is 0 Å². The minimum absolute atomic E-state index is 0.00735. The molecule has 6 heteroatoms. The molecule has 0 aromatic heterocycles. The van der Waals surface area contributed by atoms with Crippen molar-refractivity contribution < 1.29 is 9.53 Å². The molecule has 0 unspecified atom stereocenters. The van der Waals surface area contributed by atoms with Crippen LogP contribution in [0.3, 0.4) is 0 Å². The average molecular weight is 375 g/mol. The topological polar surface area (TPSA) is 48.0 Å². The SMILES string of the molecule is CN1CCN(C2(CNC(=O)N(C)CCOc3ccccc3)CCCC2)CC1. The van der Waals surface area contributed by atoms with E-state index in [2.05, 4.69) is 22.2 Å². The highest BCUT2D eigenvalue weighted by Gasteiger charge is 2.40. The quantitative estimate of drug-likeness (QED) is 0.795. The number of para-hydroxylation sites is 1. The van der Waals surface area contributed by atoms with Crippen LogP contribution in [0, 0.1) is 0 Å². The molecule has 1 saturated carbocycles. The van der Waals surface area contributed by atoms with Crippen molar-refractivity contribution in [2.75, 3.05) is 60.0 Å². The molecular weight excluding hydrogens is 340 g/mol. The highest BCUT2D eigenvalue weighted by atomic mass is 16.5. The predicted molar refractivity (Wildman–Crippen MR) is 108 cm³/mol. The molecular formula is C21H34N4O2. The summed E-state index contributed by atoms with van der Waals surface area (Å²) in [5.74, 6) is 0.839. The maximum absolute atomic E-state index is 12.6. The van der Waals surface area contributed by atoms with E-state index < -0.39 is 0 Å². The van der Waals surface area contributed by atoms with E-state index in [9.17, 15) is 4.79 Å². The number of ether oxygens (including phenoxy) is 1. The van der Waals surface area contributed by atoms with Crippen LogP contribution in [0.25, 0.3) is 0 Å². The summed E-state index contributed by atoms with van der Waals surface area (Å²) >= 11 is 0. The number of amides is 2. The second kappa shape index (κ2) is 9.42. The van der Waals surface area contributed by atoms with Gasteiger partial charge in [0.15, 0.2) is 0 Å². The van der Waals surface area contributed by atoms with Gasteiger partial charge in [0.2, 0.25) is 0 Å². The number of carbonyl (C=O) groups excluding carboxylic acids is 1. The van der Waals surface area contributed by atoms with Gasteiger partial charge in [-0.1, -0.05) is 31.0 Å². The molecule has 1 heterocycles. The van der Waals surface area contributed by atoms with Gasteiger partial charge in [0.1, 0.15) is 12.4 Å². The summed E-state index contributed by atoms with van der Waals surface area (Å²) < 4.78 is 5.70. The number of benzene rings is 1. The number of rotatable bonds is 7. The van der Waals surface area contributed by atoms with E-state index in [4.69, 9.17) is 4.74 Å². The van der Waals surface area contributed by atoms with Crippen LogP contribution in [0.1, 0.15) is 25.7 Å². The minimum atomic E-state index is -0.00735. The van der Waals surface area contributed by atoms with E-state index in [0.717, 1.165) is 38.5 Å². The van der Waals surface area contributed by atoms with Gasteiger partial charge in [0, 0.05) is 45.3 Å². The molecule has 2 fully saturated rings.